The first kappa shape index (κ1) is 10.7. The summed E-state index contributed by atoms with van der Waals surface area (Å²) in [4.78, 5) is 0. The summed E-state index contributed by atoms with van der Waals surface area (Å²) in [6.45, 7) is 2.15. The van der Waals surface area contributed by atoms with Crippen molar-refractivity contribution in [3.8, 4) is 0 Å². The van der Waals surface area contributed by atoms with Gasteiger partial charge in [-0.25, -0.2) is 0 Å². The van der Waals surface area contributed by atoms with Gasteiger partial charge in [-0.2, -0.15) is 0 Å². The highest BCUT2D eigenvalue weighted by Gasteiger charge is 2.22. The maximum Gasteiger partial charge on any atom is 0.0790 e. The van der Waals surface area contributed by atoms with E-state index in [0.29, 0.717) is 0 Å². The van der Waals surface area contributed by atoms with Gasteiger partial charge in [0.25, 0.3) is 0 Å². The van der Waals surface area contributed by atoms with Crippen LogP contribution in [0.4, 0.5) is 0 Å². The van der Waals surface area contributed by atoms with Crippen molar-refractivity contribution < 1.29 is 5.11 Å². The number of aliphatic hydroxyl groups excluding tert-OH is 1. The first-order chi connectivity index (χ1) is 7.29. The molecule has 1 aliphatic carbocycles. The Morgan fingerprint density at radius 3 is 2.47 bits per heavy atom. The highest BCUT2D eigenvalue weighted by Crippen LogP contribution is 2.35. The molecule has 0 amide bonds. The topological polar surface area (TPSA) is 20.2 Å². The van der Waals surface area contributed by atoms with Crippen LogP contribution < -0.4 is 0 Å². The smallest absolute Gasteiger partial charge is 0.0790 e. The van der Waals surface area contributed by atoms with Gasteiger partial charge >= 0.3 is 0 Å². The molecule has 0 bridgehead atoms. The Hall–Kier alpha value is -0.820. The highest BCUT2D eigenvalue weighted by molar-refractivity contribution is 5.24. The minimum Gasteiger partial charge on any atom is -0.388 e. The fourth-order valence-electron chi connectivity index (χ4n) is 1.94. The number of benzene rings is 1. The minimum absolute atomic E-state index is 0.253. The van der Waals surface area contributed by atoms with E-state index in [1.165, 1.54) is 24.8 Å². The third kappa shape index (κ3) is 3.07. The van der Waals surface area contributed by atoms with E-state index in [1.54, 1.807) is 0 Å². The summed E-state index contributed by atoms with van der Waals surface area (Å²) in [6.07, 6.45) is 5.69. The van der Waals surface area contributed by atoms with Crippen molar-refractivity contribution in [2.75, 3.05) is 0 Å². The molecule has 15 heavy (non-hydrogen) atoms. The van der Waals surface area contributed by atoms with Gasteiger partial charge in [-0.1, -0.05) is 44.0 Å². The molecular weight excluding hydrogens is 184 g/mol. The molecule has 0 aliphatic heterocycles. The van der Waals surface area contributed by atoms with Crippen molar-refractivity contribution in [1.29, 1.82) is 0 Å². The fourth-order valence-corrected chi connectivity index (χ4v) is 1.94. The maximum atomic E-state index is 9.96. The van der Waals surface area contributed by atoms with Gasteiger partial charge in [0.1, 0.15) is 0 Å². The van der Waals surface area contributed by atoms with Crippen LogP contribution in [0.1, 0.15) is 49.8 Å². The average molecular weight is 204 g/mol. The largest absolute Gasteiger partial charge is 0.388 e. The second-order valence-corrected chi connectivity index (χ2v) is 4.63. The molecule has 0 radical (unpaired) electrons. The summed E-state index contributed by atoms with van der Waals surface area (Å²) >= 11 is 0. The molecule has 0 aromatic heterocycles. The van der Waals surface area contributed by atoms with Crippen molar-refractivity contribution in [2.45, 2.75) is 45.1 Å². The van der Waals surface area contributed by atoms with Crippen molar-refractivity contribution in [3.63, 3.8) is 0 Å². The summed E-state index contributed by atoms with van der Waals surface area (Å²) in [5.41, 5.74) is 2.42. The van der Waals surface area contributed by atoms with Gasteiger partial charge in [-0.3, -0.25) is 0 Å². The van der Waals surface area contributed by atoms with E-state index in [4.69, 9.17) is 0 Å². The van der Waals surface area contributed by atoms with E-state index in [0.717, 1.165) is 24.3 Å². The van der Waals surface area contributed by atoms with Crippen molar-refractivity contribution in [3.05, 3.63) is 35.4 Å². The Labute approximate surface area is 92.1 Å². The molecule has 1 heteroatoms. The van der Waals surface area contributed by atoms with Gasteiger partial charge in [0.2, 0.25) is 0 Å². The average Bonchev–Trinajstić information content (AvgIpc) is 3.10. The monoisotopic (exact) mass is 204 g/mol. The predicted octanol–water partition coefficient (Wildman–Crippen LogP) is 3.47. The van der Waals surface area contributed by atoms with E-state index in [-0.39, 0.29) is 6.10 Å². The molecule has 1 nitrogen and oxygen atoms in total. The van der Waals surface area contributed by atoms with Crippen LogP contribution in [-0.2, 0) is 6.42 Å². The number of aliphatic hydroxyl groups is 1. The van der Waals surface area contributed by atoms with E-state index in [1.807, 2.05) is 0 Å². The quantitative estimate of drug-likeness (QED) is 0.778. The lowest BCUT2D eigenvalue weighted by Gasteiger charge is -2.10. The Kier molecular flexibility index (Phi) is 3.42. The van der Waals surface area contributed by atoms with Crippen LogP contribution in [0.15, 0.2) is 24.3 Å². The van der Waals surface area contributed by atoms with E-state index in [9.17, 15) is 5.11 Å². The third-order valence-electron chi connectivity index (χ3n) is 3.32. The summed E-state index contributed by atoms with van der Waals surface area (Å²) in [6, 6.07) is 8.37. The maximum absolute atomic E-state index is 9.96. The van der Waals surface area contributed by atoms with Crippen molar-refractivity contribution in [1.82, 2.24) is 0 Å². The van der Waals surface area contributed by atoms with Crippen LogP contribution in [0.5, 0.6) is 0 Å². The fraction of sp³-hybridized carbons (Fsp3) is 0.571. The van der Waals surface area contributed by atoms with Crippen LogP contribution in [0.3, 0.4) is 0 Å². The molecule has 1 fully saturated rings. The molecule has 1 aliphatic rings. The molecule has 0 spiro atoms. The van der Waals surface area contributed by atoms with Gasteiger partial charge in [0, 0.05) is 0 Å². The summed E-state index contributed by atoms with van der Waals surface area (Å²) < 4.78 is 0. The zero-order valence-electron chi connectivity index (χ0n) is 9.45. The molecule has 1 aromatic rings. The SMILES string of the molecule is CCc1ccc(C(O)CCC2CC2)cc1. The summed E-state index contributed by atoms with van der Waals surface area (Å²) in [5, 5.41) is 9.96. The molecule has 0 saturated heterocycles. The first-order valence-electron chi connectivity index (χ1n) is 6.06. The lowest BCUT2D eigenvalue weighted by atomic mass is 10.0. The molecule has 82 valence electrons. The van der Waals surface area contributed by atoms with Crippen LogP contribution in [0.2, 0.25) is 0 Å². The second-order valence-electron chi connectivity index (χ2n) is 4.63. The normalized spacial score (nSPS) is 17.7. The van der Waals surface area contributed by atoms with E-state index in [2.05, 4.69) is 31.2 Å². The lowest BCUT2D eigenvalue weighted by Crippen LogP contribution is -1.98. The van der Waals surface area contributed by atoms with E-state index < -0.39 is 0 Å². The Morgan fingerprint density at radius 1 is 1.27 bits per heavy atom. The molecule has 1 aromatic carbocycles. The van der Waals surface area contributed by atoms with E-state index >= 15 is 0 Å². The molecule has 2 rings (SSSR count). The van der Waals surface area contributed by atoms with Crippen molar-refractivity contribution in [2.24, 2.45) is 5.92 Å². The number of hydrogen-bond donors (Lipinski definition) is 1. The lowest BCUT2D eigenvalue weighted by molar-refractivity contribution is 0.162. The zero-order valence-corrected chi connectivity index (χ0v) is 9.45. The first-order valence-corrected chi connectivity index (χ1v) is 6.06. The molecular formula is C14H20O. The minimum atomic E-state index is -0.253. The van der Waals surface area contributed by atoms with Gasteiger partial charge in [-0.15, -0.1) is 0 Å². The zero-order chi connectivity index (χ0) is 10.7. The molecule has 1 unspecified atom stereocenters. The third-order valence-corrected chi connectivity index (χ3v) is 3.32. The van der Waals surface area contributed by atoms with Gasteiger partial charge in [-0.05, 0) is 36.3 Å². The number of rotatable bonds is 5. The summed E-state index contributed by atoms with van der Waals surface area (Å²) in [7, 11) is 0. The number of hydrogen-bond acceptors (Lipinski definition) is 1. The van der Waals surface area contributed by atoms with Crippen LogP contribution in [0.25, 0.3) is 0 Å². The molecule has 1 N–H and O–H groups in total. The highest BCUT2D eigenvalue weighted by atomic mass is 16.3. The molecule has 1 atom stereocenters. The van der Waals surface area contributed by atoms with Crippen LogP contribution >= 0.6 is 0 Å². The second kappa shape index (κ2) is 4.80. The molecule has 0 heterocycles. The van der Waals surface area contributed by atoms with Gasteiger partial charge in [0.05, 0.1) is 6.10 Å². The van der Waals surface area contributed by atoms with Gasteiger partial charge < -0.3 is 5.11 Å². The van der Waals surface area contributed by atoms with Crippen LogP contribution in [0, 0.1) is 5.92 Å². The number of aryl methyl sites for hydroxylation is 1. The Morgan fingerprint density at radius 2 is 1.93 bits per heavy atom. The Balaban J connectivity index is 1.88. The van der Waals surface area contributed by atoms with Crippen molar-refractivity contribution >= 4 is 0 Å². The summed E-state index contributed by atoms with van der Waals surface area (Å²) in [5.74, 6) is 0.912. The van der Waals surface area contributed by atoms with Crippen LogP contribution in [-0.4, -0.2) is 5.11 Å². The predicted molar refractivity (Wildman–Crippen MR) is 62.7 cm³/mol. The standard InChI is InChI=1S/C14H20O/c1-2-11-5-8-13(9-6-11)14(15)10-7-12-3-4-12/h5-6,8-9,12,14-15H,2-4,7,10H2,1H3. The Bertz CT molecular complexity index is 298. The molecule has 1 saturated carbocycles. The van der Waals surface area contributed by atoms with Gasteiger partial charge in [0.15, 0.2) is 0 Å².